The fraction of sp³-hybridized carbons (Fsp3) is 0.562. The summed E-state index contributed by atoms with van der Waals surface area (Å²) in [5.41, 5.74) is 0. The number of quaternary nitrogens is 1. The van der Waals surface area contributed by atoms with Gasteiger partial charge in [-0.15, -0.1) is 0 Å². The summed E-state index contributed by atoms with van der Waals surface area (Å²) in [7, 11) is 0. The third kappa shape index (κ3) is 7.46. The van der Waals surface area contributed by atoms with Gasteiger partial charge in [-0.05, 0) is 0 Å². The van der Waals surface area contributed by atoms with Crippen molar-refractivity contribution in [2.24, 2.45) is 5.92 Å². The molecule has 5 heteroatoms. The Bertz CT molecular complexity index is 371. The number of morpholine rings is 1. The van der Waals surface area contributed by atoms with Crippen LogP contribution in [0.25, 0.3) is 0 Å². The molecule has 0 radical (unpaired) electrons. The molecule has 4 nitrogen and oxygen atoms in total. The highest BCUT2D eigenvalue weighted by atomic mass is 35.5. The first-order valence-electron chi connectivity index (χ1n) is 7.43. The van der Waals surface area contributed by atoms with Crippen LogP contribution in [0.2, 0.25) is 0 Å². The third-order valence-corrected chi connectivity index (χ3v) is 3.59. The average Bonchev–Trinajstić information content (AvgIpc) is 2.73. The fourth-order valence-electron chi connectivity index (χ4n) is 2.41. The van der Waals surface area contributed by atoms with Gasteiger partial charge in [0.2, 0.25) is 0 Å². The van der Waals surface area contributed by atoms with Gasteiger partial charge in [0, 0.05) is 12.3 Å². The summed E-state index contributed by atoms with van der Waals surface area (Å²) in [6.45, 7) is 5.43. The van der Waals surface area contributed by atoms with E-state index in [2.05, 4.69) is 0 Å². The lowest BCUT2D eigenvalue weighted by atomic mass is 10.1. The minimum Gasteiger partial charge on any atom is -1.00 e. The largest absolute Gasteiger partial charge is 1.00 e. The molecule has 2 aliphatic rings. The van der Waals surface area contributed by atoms with E-state index < -0.39 is 0 Å². The van der Waals surface area contributed by atoms with Crippen molar-refractivity contribution in [1.82, 2.24) is 0 Å². The number of ether oxygens (including phenoxy) is 2. The Hall–Kier alpha value is -1.10. The van der Waals surface area contributed by atoms with Crippen molar-refractivity contribution in [1.29, 1.82) is 0 Å². The Balaban J connectivity index is 0.00000220. The molecule has 118 valence electrons. The van der Waals surface area contributed by atoms with E-state index in [4.69, 9.17) is 9.47 Å². The smallest absolute Gasteiger partial charge is 0.306 e. The molecule has 0 saturated carbocycles. The standard InChI is InChI=1S/C16H23NO3.ClH/c18-16(14-15-6-3-1-2-4-7-15)20-11-5-8-17-9-12-19-13-10-17;/h1-4,6-7,15H,5,8-14H2;1H. The van der Waals surface area contributed by atoms with Crippen molar-refractivity contribution >= 4 is 5.97 Å². The molecule has 1 aliphatic carbocycles. The number of nitrogens with one attached hydrogen (secondary N) is 1. The zero-order valence-corrected chi connectivity index (χ0v) is 13.1. The van der Waals surface area contributed by atoms with Crippen molar-refractivity contribution in [2.45, 2.75) is 12.8 Å². The molecule has 2 rings (SSSR count). The van der Waals surface area contributed by atoms with E-state index in [1.807, 2.05) is 36.5 Å². The van der Waals surface area contributed by atoms with Crippen LogP contribution in [0.1, 0.15) is 12.8 Å². The minimum atomic E-state index is -0.108. The zero-order valence-electron chi connectivity index (χ0n) is 12.3. The molecule has 1 heterocycles. The highest BCUT2D eigenvalue weighted by molar-refractivity contribution is 5.70. The van der Waals surface area contributed by atoms with Crippen LogP contribution < -0.4 is 17.3 Å². The lowest BCUT2D eigenvalue weighted by molar-refractivity contribution is -0.908. The maximum Gasteiger partial charge on any atom is 0.306 e. The summed E-state index contributed by atoms with van der Waals surface area (Å²) in [5.74, 6) is 0.0468. The highest BCUT2D eigenvalue weighted by Gasteiger charge is 2.14. The van der Waals surface area contributed by atoms with Crippen LogP contribution in [-0.4, -0.2) is 45.4 Å². The molecule has 1 N–H and O–H groups in total. The van der Waals surface area contributed by atoms with Gasteiger partial charge in [0.15, 0.2) is 0 Å². The molecule has 1 aliphatic heterocycles. The van der Waals surface area contributed by atoms with Gasteiger partial charge in [-0.3, -0.25) is 4.79 Å². The van der Waals surface area contributed by atoms with Crippen LogP contribution in [0.5, 0.6) is 0 Å². The van der Waals surface area contributed by atoms with Crippen molar-refractivity contribution in [3.8, 4) is 0 Å². The summed E-state index contributed by atoms with van der Waals surface area (Å²) in [6.07, 6.45) is 13.3. The Kier molecular flexibility index (Phi) is 9.06. The van der Waals surface area contributed by atoms with Gasteiger partial charge >= 0.3 is 5.97 Å². The molecule has 0 unspecified atom stereocenters. The number of halogens is 1. The predicted molar refractivity (Wildman–Crippen MR) is 77.5 cm³/mol. The van der Waals surface area contributed by atoms with Gasteiger partial charge < -0.3 is 26.8 Å². The number of carbonyl (C=O) groups excluding carboxylic acids is 1. The number of rotatable bonds is 6. The quantitative estimate of drug-likeness (QED) is 0.436. The van der Waals surface area contributed by atoms with Crippen LogP contribution in [0.3, 0.4) is 0 Å². The molecule has 0 bridgehead atoms. The maximum atomic E-state index is 11.7. The summed E-state index contributed by atoms with van der Waals surface area (Å²) in [4.78, 5) is 13.3. The predicted octanol–water partition coefficient (Wildman–Crippen LogP) is -2.47. The first-order valence-corrected chi connectivity index (χ1v) is 7.43. The molecule has 1 saturated heterocycles. The van der Waals surface area contributed by atoms with E-state index in [0.29, 0.717) is 13.0 Å². The molecule has 0 aromatic heterocycles. The number of carbonyl (C=O) groups is 1. The van der Waals surface area contributed by atoms with Gasteiger partial charge in [-0.25, -0.2) is 0 Å². The molecule has 1 fully saturated rings. The molecular formula is C16H24ClNO3. The van der Waals surface area contributed by atoms with Crippen LogP contribution >= 0.6 is 0 Å². The lowest BCUT2D eigenvalue weighted by Crippen LogP contribution is -3.14. The van der Waals surface area contributed by atoms with E-state index in [0.717, 1.165) is 39.3 Å². The summed E-state index contributed by atoms with van der Waals surface area (Å²) < 4.78 is 10.6. The van der Waals surface area contributed by atoms with Crippen molar-refractivity contribution in [3.63, 3.8) is 0 Å². The first kappa shape index (κ1) is 18.0. The van der Waals surface area contributed by atoms with Crippen molar-refractivity contribution in [2.75, 3.05) is 39.5 Å². The van der Waals surface area contributed by atoms with Gasteiger partial charge in [0.05, 0.1) is 32.8 Å². The molecule has 0 aromatic carbocycles. The first-order chi connectivity index (χ1) is 9.84. The second kappa shape index (κ2) is 10.6. The van der Waals surface area contributed by atoms with Gasteiger partial charge in [-0.1, -0.05) is 36.5 Å². The number of esters is 1. The number of allylic oxidation sites excluding steroid dienone is 6. The van der Waals surface area contributed by atoms with E-state index in [-0.39, 0.29) is 24.3 Å². The van der Waals surface area contributed by atoms with Gasteiger partial charge in [0.25, 0.3) is 0 Å². The monoisotopic (exact) mass is 313 g/mol. The van der Waals surface area contributed by atoms with E-state index in [1.54, 1.807) is 4.90 Å². The summed E-state index contributed by atoms with van der Waals surface area (Å²) in [6, 6.07) is 0. The number of hydrogen-bond acceptors (Lipinski definition) is 3. The van der Waals surface area contributed by atoms with Crippen molar-refractivity contribution < 1.29 is 31.6 Å². The highest BCUT2D eigenvalue weighted by Crippen LogP contribution is 2.11. The van der Waals surface area contributed by atoms with Gasteiger partial charge in [-0.2, -0.15) is 0 Å². The molecule has 0 atom stereocenters. The normalized spacial score (nSPS) is 19.0. The van der Waals surface area contributed by atoms with Crippen LogP contribution in [0.15, 0.2) is 36.5 Å². The Morgan fingerprint density at radius 3 is 2.48 bits per heavy atom. The molecule has 0 amide bonds. The molecule has 0 aromatic rings. The molecule has 0 spiro atoms. The van der Waals surface area contributed by atoms with E-state index in [1.165, 1.54) is 0 Å². The Morgan fingerprint density at radius 2 is 1.81 bits per heavy atom. The van der Waals surface area contributed by atoms with Crippen molar-refractivity contribution in [3.05, 3.63) is 36.5 Å². The summed E-state index contributed by atoms with van der Waals surface area (Å²) in [5, 5.41) is 0. The van der Waals surface area contributed by atoms with E-state index in [9.17, 15) is 4.79 Å². The Morgan fingerprint density at radius 1 is 1.14 bits per heavy atom. The van der Waals surface area contributed by atoms with Crippen LogP contribution in [-0.2, 0) is 14.3 Å². The lowest BCUT2D eigenvalue weighted by Gasteiger charge is -2.23. The summed E-state index contributed by atoms with van der Waals surface area (Å²) >= 11 is 0. The SMILES string of the molecule is O=C(CC1C=CC=CC=C1)OCCC[NH+]1CCOCC1.[Cl-]. The van der Waals surface area contributed by atoms with Crippen LogP contribution in [0, 0.1) is 5.92 Å². The van der Waals surface area contributed by atoms with Crippen LogP contribution in [0.4, 0.5) is 0 Å². The third-order valence-electron chi connectivity index (χ3n) is 3.59. The topological polar surface area (TPSA) is 40.0 Å². The Labute approximate surface area is 132 Å². The fourth-order valence-corrected chi connectivity index (χ4v) is 2.41. The average molecular weight is 314 g/mol. The molecular weight excluding hydrogens is 290 g/mol. The van der Waals surface area contributed by atoms with E-state index >= 15 is 0 Å². The maximum absolute atomic E-state index is 11.7. The second-order valence-electron chi connectivity index (χ2n) is 5.21. The minimum absolute atomic E-state index is 0. The second-order valence-corrected chi connectivity index (χ2v) is 5.21. The number of hydrogen-bond donors (Lipinski definition) is 1. The molecule has 21 heavy (non-hydrogen) atoms. The zero-order chi connectivity index (χ0) is 14.0. The van der Waals surface area contributed by atoms with Gasteiger partial charge in [0.1, 0.15) is 13.1 Å².